The van der Waals surface area contributed by atoms with Crippen LogP contribution in [0.15, 0.2) is 0 Å². The van der Waals surface area contributed by atoms with E-state index in [1.807, 2.05) is 18.7 Å². The molecule has 1 heterocycles. The standard InChI is InChI=1S/C10H17N3O2S/c1-3-5-8-9(10(14)15)11-12-13(8)6-7-16-4-2/h3-7H2,1-2H3,(H,14,15). The van der Waals surface area contributed by atoms with E-state index in [1.165, 1.54) is 0 Å². The lowest BCUT2D eigenvalue weighted by Crippen LogP contribution is -2.10. The Hall–Kier alpha value is -1.04. The zero-order valence-corrected chi connectivity index (χ0v) is 10.5. The third-order valence-electron chi connectivity index (χ3n) is 2.18. The van der Waals surface area contributed by atoms with Crippen LogP contribution in [0, 0.1) is 0 Å². The van der Waals surface area contributed by atoms with Gasteiger partial charge in [-0.15, -0.1) is 5.10 Å². The Morgan fingerprint density at radius 3 is 2.81 bits per heavy atom. The van der Waals surface area contributed by atoms with Crippen LogP contribution >= 0.6 is 11.8 Å². The van der Waals surface area contributed by atoms with E-state index in [0.29, 0.717) is 6.42 Å². The molecule has 0 saturated heterocycles. The number of rotatable bonds is 7. The second-order valence-corrected chi connectivity index (χ2v) is 4.75. The summed E-state index contributed by atoms with van der Waals surface area (Å²) in [7, 11) is 0. The second kappa shape index (κ2) is 6.52. The number of aryl methyl sites for hydroxylation is 1. The molecule has 1 aromatic rings. The van der Waals surface area contributed by atoms with E-state index in [9.17, 15) is 4.79 Å². The fourth-order valence-electron chi connectivity index (χ4n) is 1.46. The number of hydrogen-bond donors (Lipinski definition) is 1. The smallest absolute Gasteiger partial charge is 0.358 e. The van der Waals surface area contributed by atoms with Gasteiger partial charge in [-0.25, -0.2) is 9.48 Å². The first-order chi connectivity index (χ1) is 7.70. The molecular formula is C10H17N3O2S. The SMILES string of the molecule is CCCc1c(C(=O)O)nnn1CCSCC. The largest absolute Gasteiger partial charge is 0.476 e. The summed E-state index contributed by atoms with van der Waals surface area (Å²) >= 11 is 1.81. The van der Waals surface area contributed by atoms with Gasteiger partial charge in [-0.1, -0.05) is 25.5 Å². The van der Waals surface area contributed by atoms with Gasteiger partial charge in [0.15, 0.2) is 5.69 Å². The average Bonchev–Trinajstić information content (AvgIpc) is 2.63. The van der Waals surface area contributed by atoms with E-state index in [-0.39, 0.29) is 5.69 Å². The third-order valence-corrected chi connectivity index (χ3v) is 3.06. The molecule has 16 heavy (non-hydrogen) atoms. The van der Waals surface area contributed by atoms with Gasteiger partial charge in [0.2, 0.25) is 0 Å². The molecule has 1 rings (SSSR count). The Morgan fingerprint density at radius 2 is 2.25 bits per heavy atom. The van der Waals surface area contributed by atoms with Crippen molar-refractivity contribution in [1.29, 1.82) is 0 Å². The van der Waals surface area contributed by atoms with Crippen LogP contribution in [-0.4, -0.2) is 37.6 Å². The number of thioether (sulfide) groups is 1. The molecule has 0 saturated carbocycles. The minimum atomic E-state index is -0.988. The van der Waals surface area contributed by atoms with Crippen molar-refractivity contribution in [2.24, 2.45) is 0 Å². The third kappa shape index (κ3) is 3.23. The van der Waals surface area contributed by atoms with Crippen molar-refractivity contribution in [3.8, 4) is 0 Å². The highest BCUT2D eigenvalue weighted by Gasteiger charge is 2.17. The van der Waals surface area contributed by atoms with Crippen LogP contribution in [0.1, 0.15) is 36.5 Å². The van der Waals surface area contributed by atoms with Crippen LogP contribution in [0.25, 0.3) is 0 Å². The average molecular weight is 243 g/mol. The molecule has 0 atom stereocenters. The van der Waals surface area contributed by atoms with Gasteiger partial charge in [-0.05, 0) is 12.2 Å². The minimum absolute atomic E-state index is 0.100. The molecule has 0 bridgehead atoms. The molecule has 6 heteroatoms. The minimum Gasteiger partial charge on any atom is -0.476 e. The highest BCUT2D eigenvalue weighted by atomic mass is 32.2. The van der Waals surface area contributed by atoms with Crippen molar-refractivity contribution in [2.75, 3.05) is 11.5 Å². The number of nitrogens with zero attached hydrogens (tertiary/aromatic N) is 3. The molecule has 0 spiro atoms. The van der Waals surface area contributed by atoms with Crippen LogP contribution in [0.3, 0.4) is 0 Å². The van der Waals surface area contributed by atoms with E-state index in [1.54, 1.807) is 4.68 Å². The number of aromatic nitrogens is 3. The molecule has 0 radical (unpaired) electrons. The number of carbonyl (C=O) groups is 1. The van der Waals surface area contributed by atoms with Gasteiger partial charge >= 0.3 is 5.97 Å². The molecular weight excluding hydrogens is 226 g/mol. The summed E-state index contributed by atoms with van der Waals surface area (Å²) in [6.45, 7) is 4.85. The molecule has 0 amide bonds. The maximum atomic E-state index is 10.9. The Bertz CT molecular complexity index is 352. The van der Waals surface area contributed by atoms with Gasteiger partial charge in [-0.3, -0.25) is 0 Å². The quantitative estimate of drug-likeness (QED) is 0.738. The highest BCUT2D eigenvalue weighted by molar-refractivity contribution is 7.99. The van der Waals surface area contributed by atoms with Gasteiger partial charge in [0, 0.05) is 5.75 Å². The Labute approximate surface area is 99.2 Å². The lowest BCUT2D eigenvalue weighted by molar-refractivity contribution is 0.0689. The van der Waals surface area contributed by atoms with Crippen molar-refractivity contribution in [3.63, 3.8) is 0 Å². The van der Waals surface area contributed by atoms with E-state index in [2.05, 4.69) is 17.2 Å². The maximum Gasteiger partial charge on any atom is 0.358 e. The van der Waals surface area contributed by atoms with Crippen LogP contribution in [0.5, 0.6) is 0 Å². The van der Waals surface area contributed by atoms with Gasteiger partial charge in [0.25, 0.3) is 0 Å². The summed E-state index contributed by atoms with van der Waals surface area (Å²) in [4.78, 5) is 10.9. The topological polar surface area (TPSA) is 68.0 Å². The molecule has 90 valence electrons. The summed E-state index contributed by atoms with van der Waals surface area (Å²) in [6.07, 6.45) is 1.61. The molecule has 0 aromatic carbocycles. The normalized spacial score (nSPS) is 10.6. The molecule has 0 aliphatic rings. The first-order valence-corrected chi connectivity index (χ1v) is 6.59. The lowest BCUT2D eigenvalue weighted by Gasteiger charge is -2.05. The predicted molar refractivity (Wildman–Crippen MR) is 64.0 cm³/mol. The first-order valence-electron chi connectivity index (χ1n) is 5.44. The molecule has 1 N–H and O–H groups in total. The zero-order chi connectivity index (χ0) is 12.0. The van der Waals surface area contributed by atoms with Gasteiger partial charge in [0.1, 0.15) is 0 Å². The fourth-order valence-corrected chi connectivity index (χ4v) is 2.05. The van der Waals surface area contributed by atoms with Gasteiger partial charge < -0.3 is 5.11 Å². The van der Waals surface area contributed by atoms with Crippen LogP contribution in [-0.2, 0) is 13.0 Å². The Balaban J connectivity index is 2.78. The van der Waals surface area contributed by atoms with E-state index in [4.69, 9.17) is 5.11 Å². The molecule has 1 aromatic heterocycles. The number of carboxylic acid groups (broad SMARTS) is 1. The van der Waals surface area contributed by atoms with Gasteiger partial charge in [-0.2, -0.15) is 11.8 Å². The maximum absolute atomic E-state index is 10.9. The van der Waals surface area contributed by atoms with Crippen molar-refractivity contribution < 1.29 is 9.90 Å². The predicted octanol–water partition coefficient (Wildman–Crippen LogP) is 1.68. The van der Waals surface area contributed by atoms with Crippen molar-refractivity contribution in [3.05, 3.63) is 11.4 Å². The number of hydrogen-bond acceptors (Lipinski definition) is 4. The molecule has 0 aliphatic carbocycles. The Morgan fingerprint density at radius 1 is 1.50 bits per heavy atom. The molecule has 0 unspecified atom stereocenters. The van der Waals surface area contributed by atoms with Crippen molar-refractivity contribution >= 4 is 17.7 Å². The monoisotopic (exact) mass is 243 g/mol. The molecule has 0 aliphatic heterocycles. The van der Waals surface area contributed by atoms with Crippen LogP contribution in [0.2, 0.25) is 0 Å². The van der Waals surface area contributed by atoms with E-state index < -0.39 is 5.97 Å². The van der Waals surface area contributed by atoms with E-state index >= 15 is 0 Å². The number of carboxylic acids is 1. The van der Waals surface area contributed by atoms with Crippen molar-refractivity contribution in [2.45, 2.75) is 33.2 Å². The zero-order valence-electron chi connectivity index (χ0n) is 9.64. The molecule has 5 nitrogen and oxygen atoms in total. The second-order valence-electron chi connectivity index (χ2n) is 3.36. The van der Waals surface area contributed by atoms with Crippen molar-refractivity contribution in [1.82, 2.24) is 15.0 Å². The van der Waals surface area contributed by atoms with Gasteiger partial charge in [0.05, 0.1) is 12.2 Å². The van der Waals surface area contributed by atoms with Crippen LogP contribution < -0.4 is 0 Å². The molecule has 0 fully saturated rings. The summed E-state index contributed by atoms with van der Waals surface area (Å²) in [6, 6.07) is 0. The highest BCUT2D eigenvalue weighted by Crippen LogP contribution is 2.10. The first kappa shape index (κ1) is 13.0. The number of aromatic carboxylic acids is 1. The summed E-state index contributed by atoms with van der Waals surface area (Å²) in [5, 5.41) is 16.6. The summed E-state index contributed by atoms with van der Waals surface area (Å²) in [5.41, 5.74) is 0.843. The summed E-state index contributed by atoms with van der Waals surface area (Å²) in [5.74, 6) is 1.01. The van der Waals surface area contributed by atoms with E-state index in [0.717, 1.165) is 30.2 Å². The fraction of sp³-hybridized carbons (Fsp3) is 0.700. The lowest BCUT2D eigenvalue weighted by atomic mass is 10.2. The van der Waals surface area contributed by atoms with Crippen LogP contribution in [0.4, 0.5) is 0 Å². The Kier molecular flexibility index (Phi) is 5.31. The summed E-state index contributed by atoms with van der Waals surface area (Å²) < 4.78 is 1.72.